The Hall–Kier alpha value is -5.00. The number of ether oxygens (including phenoxy) is 1. The standard InChI is InChI=1S/C33H35F3N6O3/c1-2-3-19-45-29-18-15-26(20-28(29)33(34,35)36)39-32(44)42(27-16-13-24(14-17-27)23-7-5-4-6-8-23)21-22-9-11-25(12-10-22)30(43)40-31(37)41-38/h7,9-18,20,38H,2-6,8,19,21H2,1H3,(H,39,44)(H2,37,40,43)/p+1. The predicted octanol–water partition coefficient (Wildman–Crippen LogP) is 6.75. The van der Waals surface area contributed by atoms with Gasteiger partial charge < -0.3 is 15.8 Å². The lowest BCUT2D eigenvalue weighted by Gasteiger charge is -2.25. The van der Waals surface area contributed by atoms with E-state index in [0.29, 0.717) is 17.7 Å². The van der Waals surface area contributed by atoms with Crippen LogP contribution in [0.5, 0.6) is 5.75 Å². The molecule has 4 rings (SSSR count). The molecule has 0 atom stereocenters. The number of benzene rings is 3. The van der Waals surface area contributed by atoms with Crippen molar-refractivity contribution in [2.24, 2.45) is 15.8 Å². The van der Waals surface area contributed by atoms with Crippen LogP contribution in [0.25, 0.3) is 5.57 Å². The summed E-state index contributed by atoms with van der Waals surface area (Å²) in [6.07, 6.45) is 3.19. The zero-order valence-corrected chi connectivity index (χ0v) is 24.9. The molecule has 0 spiro atoms. The molecule has 3 amide bonds. The van der Waals surface area contributed by atoms with Gasteiger partial charge >= 0.3 is 12.2 Å². The number of rotatable bonds is 10. The number of carbonyl (C=O) groups is 2. The Bertz CT molecular complexity index is 1570. The van der Waals surface area contributed by atoms with Gasteiger partial charge in [-0.15, -0.1) is 5.53 Å². The maximum absolute atomic E-state index is 13.9. The highest BCUT2D eigenvalue weighted by molar-refractivity contribution is 6.03. The van der Waals surface area contributed by atoms with Gasteiger partial charge in [-0.1, -0.05) is 43.7 Å². The lowest BCUT2D eigenvalue weighted by molar-refractivity contribution is -0.207. The van der Waals surface area contributed by atoms with E-state index in [4.69, 9.17) is 16.0 Å². The van der Waals surface area contributed by atoms with Crippen LogP contribution in [-0.2, 0) is 12.7 Å². The van der Waals surface area contributed by atoms with Gasteiger partial charge in [0.25, 0.3) is 11.9 Å². The number of amides is 3. The molecule has 1 aliphatic carbocycles. The van der Waals surface area contributed by atoms with Crippen molar-refractivity contribution in [1.29, 1.82) is 0 Å². The summed E-state index contributed by atoms with van der Waals surface area (Å²) in [6.45, 7) is 2.12. The quantitative estimate of drug-likeness (QED) is 0.0999. The number of unbranched alkanes of at least 4 members (excludes halogenated alkanes) is 1. The number of urea groups is 1. The first-order valence-electron chi connectivity index (χ1n) is 14.7. The molecule has 0 heterocycles. The molecule has 0 bridgehead atoms. The van der Waals surface area contributed by atoms with E-state index in [1.165, 1.54) is 34.7 Å². The van der Waals surface area contributed by atoms with Crippen LogP contribution in [0, 0.1) is 0 Å². The van der Waals surface area contributed by atoms with Crippen molar-refractivity contribution in [1.82, 2.24) is 0 Å². The van der Waals surface area contributed by atoms with Gasteiger partial charge in [0.15, 0.2) is 0 Å². The third-order valence-corrected chi connectivity index (χ3v) is 7.27. The van der Waals surface area contributed by atoms with Crippen LogP contribution < -0.4 is 26.2 Å². The number of nitrogens with one attached hydrogen (secondary N) is 1. The Labute approximate surface area is 259 Å². The van der Waals surface area contributed by atoms with Crippen molar-refractivity contribution in [2.75, 3.05) is 16.8 Å². The van der Waals surface area contributed by atoms with E-state index in [9.17, 15) is 22.8 Å². The van der Waals surface area contributed by atoms with Crippen molar-refractivity contribution in [3.05, 3.63) is 95.1 Å². The Kier molecular flexibility index (Phi) is 11.1. The van der Waals surface area contributed by atoms with Gasteiger partial charge in [0, 0.05) is 22.1 Å². The van der Waals surface area contributed by atoms with Crippen LogP contribution >= 0.6 is 0 Å². The number of halogens is 3. The zero-order valence-electron chi connectivity index (χ0n) is 24.9. The minimum absolute atomic E-state index is 0.0362. The maximum Gasteiger partial charge on any atom is 0.420 e. The number of nitrogens with two attached hydrogens (primary N) is 2. The highest BCUT2D eigenvalue weighted by Crippen LogP contribution is 2.38. The van der Waals surface area contributed by atoms with Crippen LogP contribution in [0.3, 0.4) is 0 Å². The molecule has 0 radical (unpaired) electrons. The van der Waals surface area contributed by atoms with Gasteiger partial charge in [0.05, 0.1) is 18.7 Å². The summed E-state index contributed by atoms with van der Waals surface area (Å²) in [5.74, 6) is -1.30. The van der Waals surface area contributed by atoms with E-state index >= 15 is 0 Å². The molecular formula is C33H36F3N6O3+. The molecule has 0 fully saturated rings. The lowest BCUT2D eigenvalue weighted by Crippen LogP contribution is -2.34. The fourth-order valence-electron chi connectivity index (χ4n) is 4.84. The summed E-state index contributed by atoms with van der Waals surface area (Å²) in [5, 5.41) is 5.77. The molecule has 0 aliphatic heterocycles. The predicted molar refractivity (Wildman–Crippen MR) is 167 cm³/mol. The largest absolute Gasteiger partial charge is 0.493 e. The number of nitrogens with zero attached hydrogens (tertiary/aromatic N) is 3. The van der Waals surface area contributed by atoms with Gasteiger partial charge in [0.2, 0.25) is 0 Å². The van der Waals surface area contributed by atoms with Crippen molar-refractivity contribution in [3.8, 4) is 5.75 Å². The van der Waals surface area contributed by atoms with Crippen molar-refractivity contribution in [3.63, 3.8) is 0 Å². The molecule has 5 N–H and O–H groups in total. The van der Waals surface area contributed by atoms with E-state index < -0.39 is 23.7 Å². The Morgan fingerprint density at radius 3 is 2.40 bits per heavy atom. The van der Waals surface area contributed by atoms with E-state index in [1.807, 2.05) is 31.2 Å². The minimum Gasteiger partial charge on any atom is -0.493 e. The number of allylic oxidation sites excluding steroid dienone is 2. The highest BCUT2D eigenvalue weighted by atomic mass is 19.4. The molecule has 45 heavy (non-hydrogen) atoms. The van der Waals surface area contributed by atoms with Crippen LogP contribution in [0.2, 0.25) is 0 Å². The SMILES string of the molecule is CCCCOc1ccc(NC(=O)N(Cc2ccc(C(=O)N=C(N)N=[NH2+])cc2)c2ccc(C3=CCCCC3)cc2)cc1C(F)(F)F. The molecular weight excluding hydrogens is 585 g/mol. The van der Waals surface area contributed by atoms with Gasteiger partial charge in [-0.25, -0.2) is 4.79 Å². The first-order valence-corrected chi connectivity index (χ1v) is 14.7. The second-order valence-corrected chi connectivity index (χ2v) is 10.6. The number of guanidine groups is 1. The molecule has 0 aromatic heterocycles. The summed E-state index contributed by atoms with van der Waals surface area (Å²) >= 11 is 0. The molecule has 0 unspecified atom stereocenters. The zero-order chi connectivity index (χ0) is 32.4. The number of aliphatic imine (C=N–C) groups is 1. The first kappa shape index (κ1) is 32.9. The second kappa shape index (κ2) is 15.1. The molecule has 0 saturated carbocycles. The van der Waals surface area contributed by atoms with Gasteiger partial charge in [-0.05, 0) is 91.3 Å². The number of anilines is 2. The molecule has 236 valence electrons. The lowest BCUT2D eigenvalue weighted by atomic mass is 9.93. The molecule has 12 heteroatoms. The van der Waals surface area contributed by atoms with Crippen LogP contribution in [-0.4, -0.2) is 24.5 Å². The van der Waals surface area contributed by atoms with E-state index in [2.05, 4.69) is 21.5 Å². The normalized spacial score (nSPS) is 13.5. The number of carbonyl (C=O) groups excluding carboxylic acids is 2. The molecule has 1 aliphatic rings. The van der Waals surface area contributed by atoms with Crippen LogP contribution in [0.1, 0.15) is 72.5 Å². The summed E-state index contributed by atoms with van der Waals surface area (Å²) < 4.78 is 47.1. The minimum atomic E-state index is -4.68. The number of alkyl halides is 3. The van der Waals surface area contributed by atoms with Gasteiger partial charge in [0.1, 0.15) is 5.75 Å². The summed E-state index contributed by atoms with van der Waals surface area (Å²) in [7, 11) is 0. The highest BCUT2D eigenvalue weighted by Gasteiger charge is 2.35. The fourth-order valence-corrected chi connectivity index (χ4v) is 4.84. The van der Waals surface area contributed by atoms with Crippen molar-refractivity contribution in [2.45, 2.75) is 58.2 Å². The third kappa shape index (κ3) is 9.01. The second-order valence-electron chi connectivity index (χ2n) is 10.6. The molecule has 9 nitrogen and oxygen atoms in total. The Morgan fingerprint density at radius 1 is 1.04 bits per heavy atom. The van der Waals surface area contributed by atoms with Gasteiger partial charge in [-0.3, -0.25) is 9.69 Å². The average molecular weight is 622 g/mol. The van der Waals surface area contributed by atoms with E-state index in [0.717, 1.165) is 43.7 Å². The summed E-state index contributed by atoms with van der Waals surface area (Å²) in [6, 6.07) is 16.6. The Morgan fingerprint density at radius 2 is 1.78 bits per heavy atom. The monoisotopic (exact) mass is 621 g/mol. The van der Waals surface area contributed by atoms with E-state index in [1.54, 1.807) is 12.1 Å². The van der Waals surface area contributed by atoms with Crippen molar-refractivity contribution >= 4 is 34.8 Å². The molecule has 0 saturated heterocycles. The average Bonchev–Trinajstić information content (AvgIpc) is 3.04. The van der Waals surface area contributed by atoms with Crippen molar-refractivity contribution < 1.29 is 33.0 Å². The van der Waals surface area contributed by atoms with Gasteiger partial charge in [-0.2, -0.15) is 18.2 Å². The number of hydrogen-bond acceptors (Lipinski definition) is 3. The van der Waals surface area contributed by atoms with Crippen LogP contribution in [0.4, 0.5) is 29.3 Å². The Balaban J connectivity index is 1.62. The van der Waals surface area contributed by atoms with Crippen LogP contribution in [0.15, 0.2) is 82.9 Å². The fraction of sp³-hybridized carbons (Fsp3) is 0.303. The number of hydrogen-bond donors (Lipinski definition) is 3. The smallest absolute Gasteiger partial charge is 0.420 e. The first-order chi connectivity index (χ1) is 21.6. The van der Waals surface area contributed by atoms with E-state index in [-0.39, 0.29) is 36.1 Å². The summed E-state index contributed by atoms with van der Waals surface area (Å²) in [4.78, 5) is 30.9. The third-order valence-electron chi connectivity index (χ3n) is 7.27. The summed E-state index contributed by atoms with van der Waals surface area (Å²) in [5.41, 5.74) is 13.1. The molecule has 3 aromatic rings. The molecule has 3 aromatic carbocycles. The maximum atomic E-state index is 13.9. The topological polar surface area (TPSA) is 135 Å².